The molecule has 3 heteroatoms. The lowest BCUT2D eigenvalue weighted by Gasteiger charge is -2.46. The lowest BCUT2D eigenvalue weighted by atomic mass is 9.86. The van der Waals surface area contributed by atoms with E-state index in [1.165, 1.54) is 56.4 Å². The Hall–Kier alpha value is -1.35. The maximum atomic E-state index is 6.43. The Bertz CT molecular complexity index is 702. The van der Waals surface area contributed by atoms with Crippen molar-refractivity contribution in [3.63, 3.8) is 0 Å². The number of hydrogen-bond acceptors (Lipinski definition) is 2. The highest BCUT2D eigenvalue weighted by Crippen LogP contribution is 2.39. The smallest absolute Gasteiger partial charge is 0.0451 e. The van der Waals surface area contributed by atoms with E-state index < -0.39 is 0 Å². The van der Waals surface area contributed by atoms with Gasteiger partial charge in [0.15, 0.2) is 0 Å². The summed E-state index contributed by atoms with van der Waals surface area (Å²) in [6, 6.07) is 19.2. The molecule has 132 valence electrons. The van der Waals surface area contributed by atoms with Crippen LogP contribution in [0.5, 0.6) is 0 Å². The maximum absolute atomic E-state index is 6.43. The van der Waals surface area contributed by atoms with Crippen LogP contribution in [-0.4, -0.2) is 35.0 Å². The van der Waals surface area contributed by atoms with Gasteiger partial charge < -0.3 is 0 Å². The van der Waals surface area contributed by atoms with Crippen molar-refractivity contribution in [3.05, 3.63) is 70.7 Å². The molecule has 2 aliphatic rings. The average molecular weight is 355 g/mol. The SMILES string of the molecule is Clc1ccccc1CN1CCC[C@@]12CCCN(Cc1ccccc1)C2. The number of hydrogen-bond donors (Lipinski definition) is 0. The van der Waals surface area contributed by atoms with Crippen LogP contribution < -0.4 is 0 Å². The first kappa shape index (κ1) is 17.1. The number of benzene rings is 2. The monoisotopic (exact) mass is 354 g/mol. The minimum absolute atomic E-state index is 0.339. The summed E-state index contributed by atoms with van der Waals surface area (Å²) < 4.78 is 0. The van der Waals surface area contributed by atoms with Crippen molar-refractivity contribution in [2.24, 2.45) is 0 Å². The van der Waals surface area contributed by atoms with Crippen LogP contribution in [0.4, 0.5) is 0 Å². The first-order valence-corrected chi connectivity index (χ1v) is 9.88. The van der Waals surface area contributed by atoms with Crippen LogP contribution in [0.25, 0.3) is 0 Å². The largest absolute Gasteiger partial charge is 0.297 e. The Labute approximate surface area is 156 Å². The van der Waals surface area contributed by atoms with Gasteiger partial charge in [-0.25, -0.2) is 0 Å². The van der Waals surface area contributed by atoms with Crippen LogP contribution in [0.1, 0.15) is 36.8 Å². The van der Waals surface area contributed by atoms with E-state index in [1.807, 2.05) is 12.1 Å². The predicted octanol–water partition coefficient (Wildman–Crippen LogP) is 4.97. The minimum Gasteiger partial charge on any atom is -0.297 e. The molecule has 2 fully saturated rings. The zero-order valence-electron chi connectivity index (χ0n) is 14.8. The van der Waals surface area contributed by atoms with Gasteiger partial charge in [-0.05, 0) is 56.0 Å². The normalized spacial score (nSPS) is 24.8. The second kappa shape index (κ2) is 7.49. The summed E-state index contributed by atoms with van der Waals surface area (Å²) >= 11 is 6.43. The molecule has 0 saturated carbocycles. The van der Waals surface area contributed by atoms with E-state index in [0.29, 0.717) is 5.54 Å². The van der Waals surface area contributed by atoms with Crippen molar-refractivity contribution >= 4 is 11.6 Å². The van der Waals surface area contributed by atoms with Crippen LogP contribution in [-0.2, 0) is 13.1 Å². The van der Waals surface area contributed by atoms with E-state index >= 15 is 0 Å². The highest BCUT2D eigenvalue weighted by Gasteiger charge is 2.43. The van der Waals surface area contributed by atoms with E-state index in [9.17, 15) is 0 Å². The van der Waals surface area contributed by atoms with Gasteiger partial charge in [-0.15, -0.1) is 0 Å². The van der Waals surface area contributed by atoms with Gasteiger partial charge in [0.05, 0.1) is 0 Å². The second-order valence-electron chi connectivity index (χ2n) is 7.64. The summed E-state index contributed by atoms with van der Waals surface area (Å²) in [6.07, 6.45) is 5.25. The van der Waals surface area contributed by atoms with Gasteiger partial charge >= 0.3 is 0 Å². The van der Waals surface area contributed by atoms with Gasteiger partial charge in [0.1, 0.15) is 0 Å². The molecule has 2 aromatic rings. The quantitative estimate of drug-likeness (QED) is 0.764. The average Bonchev–Trinajstić information content (AvgIpc) is 2.99. The molecule has 2 aliphatic heterocycles. The third-order valence-electron chi connectivity index (χ3n) is 5.94. The Morgan fingerprint density at radius 2 is 1.56 bits per heavy atom. The van der Waals surface area contributed by atoms with E-state index in [2.05, 4.69) is 52.3 Å². The topological polar surface area (TPSA) is 6.48 Å². The first-order chi connectivity index (χ1) is 12.3. The van der Waals surface area contributed by atoms with Crippen LogP contribution >= 0.6 is 11.6 Å². The molecule has 1 spiro atoms. The molecular weight excluding hydrogens is 328 g/mol. The molecule has 0 aliphatic carbocycles. The van der Waals surface area contributed by atoms with Crippen molar-refractivity contribution in [1.29, 1.82) is 0 Å². The molecule has 2 aromatic carbocycles. The molecule has 0 amide bonds. The molecule has 0 unspecified atom stereocenters. The van der Waals surface area contributed by atoms with Gasteiger partial charge in [0.2, 0.25) is 0 Å². The molecule has 2 saturated heterocycles. The molecule has 0 N–H and O–H groups in total. The van der Waals surface area contributed by atoms with Gasteiger partial charge in [0, 0.05) is 30.2 Å². The fourth-order valence-corrected chi connectivity index (χ4v) is 4.91. The zero-order valence-corrected chi connectivity index (χ0v) is 15.6. The molecule has 2 heterocycles. The van der Waals surface area contributed by atoms with Gasteiger partial charge in [0.25, 0.3) is 0 Å². The van der Waals surface area contributed by atoms with Crippen molar-refractivity contribution in [2.75, 3.05) is 19.6 Å². The Morgan fingerprint density at radius 3 is 2.36 bits per heavy atom. The molecule has 0 aromatic heterocycles. The maximum Gasteiger partial charge on any atom is 0.0451 e. The van der Waals surface area contributed by atoms with Crippen LogP contribution in [0.15, 0.2) is 54.6 Å². The first-order valence-electron chi connectivity index (χ1n) is 9.50. The molecule has 4 rings (SSSR count). The number of piperidine rings is 1. The third kappa shape index (κ3) is 3.76. The minimum atomic E-state index is 0.339. The van der Waals surface area contributed by atoms with E-state index in [1.54, 1.807) is 0 Å². The van der Waals surface area contributed by atoms with Crippen molar-refractivity contribution < 1.29 is 0 Å². The van der Waals surface area contributed by atoms with Gasteiger partial charge in [-0.3, -0.25) is 9.80 Å². The molecule has 25 heavy (non-hydrogen) atoms. The summed E-state index contributed by atoms with van der Waals surface area (Å²) in [5.74, 6) is 0. The molecule has 2 nitrogen and oxygen atoms in total. The zero-order chi connectivity index (χ0) is 17.1. The highest BCUT2D eigenvalue weighted by molar-refractivity contribution is 6.31. The van der Waals surface area contributed by atoms with Crippen LogP contribution in [0.3, 0.4) is 0 Å². The standard InChI is InChI=1S/C22H27ClN2/c23-21-11-5-4-10-20(21)17-25-15-7-13-22(25)12-6-14-24(18-22)16-19-8-2-1-3-9-19/h1-5,8-11H,6-7,12-18H2/t22-/m1/s1. The highest BCUT2D eigenvalue weighted by atomic mass is 35.5. The number of likely N-dealkylation sites (tertiary alicyclic amines) is 2. The van der Waals surface area contributed by atoms with Crippen molar-refractivity contribution in [3.8, 4) is 0 Å². The van der Waals surface area contributed by atoms with E-state index in [4.69, 9.17) is 11.6 Å². The molecule has 0 radical (unpaired) electrons. The lowest BCUT2D eigenvalue weighted by Crippen LogP contribution is -2.55. The van der Waals surface area contributed by atoms with E-state index in [-0.39, 0.29) is 0 Å². The predicted molar refractivity (Wildman–Crippen MR) is 105 cm³/mol. The fraction of sp³-hybridized carbons (Fsp3) is 0.455. The Balaban J connectivity index is 1.48. The van der Waals surface area contributed by atoms with Crippen molar-refractivity contribution in [2.45, 2.75) is 44.3 Å². The summed E-state index contributed by atoms with van der Waals surface area (Å²) in [4.78, 5) is 5.37. The Morgan fingerprint density at radius 1 is 0.840 bits per heavy atom. The van der Waals surface area contributed by atoms with Gasteiger partial charge in [-0.2, -0.15) is 0 Å². The summed E-state index contributed by atoms with van der Waals surface area (Å²) in [7, 11) is 0. The second-order valence-corrected chi connectivity index (χ2v) is 8.05. The van der Waals surface area contributed by atoms with Crippen molar-refractivity contribution in [1.82, 2.24) is 9.80 Å². The fourth-order valence-electron chi connectivity index (χ4n) is 4.72. The number of nitrogens with zero attached hydrogens (tertiary/aromatic N) is 2. The van der Waals surface area contributed by atoms with Crippen LogP contribution in [0, 0.1) is 0 Å². The third-order valence-corrected chi connectivity index (χ3v) is 6.31. The van der Waals surface area contributed by atoms with E-state index in [0.717, 1.165) is 18.1 Å². The summed E-state index contributed by atoms with van der Waals surface area (Å²) in [6.45, 7) is 5.66. The molecular formula is C22H27ClN2. The lowest BCUT2D eigenvalue weighted by molar-refractivity contribution is 0.0328. The summed E-state index contributed by atoms with van der Waals surface area (Å²) in [5, 5.41) is 0.904. The number of rotatable bonds is 4. The molecule has 0 bridgehead atoms. The number of halogens is 1. The van der Waals surface area contributed by atoms with Crippen LogP contribution in [0.2, 0.25) is 5.02 Å². The summed E-state index contributed by atoms with van der Waals surface area (Å²) in [5.41, 5.74) is 3.03. The Kier molecular flexibility index (Phi) is 5.12. The molecule has 1 atom stereocenters. The van der Waals surface area contributed by atoms with Gasteiger partial charge in [-0.1, -0.05) is 60.1 Å².